The molecule has 1 amide bonds. The van der Waals surface area contributed by atoms with Gasteiger partial charge in [0.15, 0.2) is 5.03 Å². The molecule has 0 unspecified atom stereocenters. The van der Waals surface area contributed by atoms with E-state index >= 15 is 0 Å². The first-order valence-electron chi connectivity index (χ1n) is 9.31. The number of rotatable bonds is 6. The summed E-state index contributed by atoms with van der Waals surface area (Å²) in [5.74, 6) is -0.00247. The van der Waals surface area contributed by atoms with Crippen molar-refractivity contribution in [2.24, 2.45) is 0 Å². The number of amides is 1. The fraction of sp³-hybridized carbons (Fsp3) is 0.474. The largest absolute Gasteiger partial charge is 0.339 e. The lowest BCUT2D eigenvalue weighted by molar-refractivity contribution is 0.0711. The third kappa shape index (κ3) is 4.56. The Labute approximate surface area is 160 Å². The van der Waals surface area contributed by atoms with Crippen LogP contribution in [-0.4, -0.2) is 48.1 Å². The fourth-order valence-corrected chi connectivity index (χ4v) is 4.74. The van der Waals surface area contributed by atoms with E-state index in [1.807, 2.05) is 38.1 Å². The first-order valence-corrected chi connectivity index (χ1v) is 10.8. The standard InChI is InChI=1S/C19H26N4O3S/c1-3-12-23-18(8-11-20-23)27(25,26)21-17-9-13-22(14-10-17)19(24)16-6-4-15(2)5-7-16/h4-8,11,17,21H,3,9-10,12-14H2,1-2H3. The van der Waals surface area contributed by atoms with E-state index in [9.17, 15) is 13.2 Å². The average Bonchev–Trinajstić information content (AvgIpc) is 3.12. The number of hydrogen-bond donors (Lipinski definition) is 1. The third-order valence-electron chi connectivity index (χ3n) is 4.79. The van der Waals surface area contributed by atoms with Crippen LogP contribution in [0.1, 0.15) is 42.1 Å². The van der Waals surface area contributed by atoms with Crippen LogP contribution < -0.4 is 4.72 Å². The molecular formula is C19H26N4O3S. The number of carbonyl (C=O) groups excluding carboxylic acids is 1. The molecule has 1 fully saturated rings. The molecule has 0 bridgehead atoms. The Morgan fingerprint density at radius 2 is 1.85 bits per heavy atom. The summed E-state index contributed by atoms with van der Waals surface area (Å²) < 4.78 is 29.6. The second-order valence-electron chi connectivity index (χ2n) is 6.95. The summed E-state index contributed by atoms with van der Waals surface area (Å²) in [6.07, 6.45) is 3.51. The Morgan fingerprint density at radius 1 is 1.19 bits per heavy atom. The second-order valence-corrected chi connectivity index (χ2v) is 8.61. The number of aryl methyl sites for hydroxylation is 2. The van der Waals surface area contributed by atoms with E-state index in [1.165, 1.54) is 16.9 Å². The van der Waals surface area contributed by atoms with Gasteiger partial charge in [0, 0.05) is 31.2 Å². The van der Waals surface area contributed by atoms with Gasteiger partial charge < -0.3 is 4.90 Å². The average molecular weight is 391 g/mol. The first kappa shape index (κ1) is 19.6. The lowest BCUT2D eigenvalue weighted by Gasteiger charge is -2.32. The maximum atomic E-state index is 12.7. The SMILES string of the molecule is CCCn1nccc1S(=O)(=O)NC1CCN(C(=O)c2ccc(C)cc2)CC1. The Kier molecular flexibility index (Phi) is 5.96. The van der Waals surface area contributed by atoms with E-state index in [0.717, 1.165) is 12.0 Å². The number of benzene rings is 1. The molecule has 1 aromatic heterocycles. The van der Waals surface area contributed by atoms with Gasteiger partial charge in [0.25, 0.3) is 15.9 Å². The maximum Gasteiger partial charge on any atom is 0.257 e. The van der Waals surface area contributed by atoms with Crippen LogP contribution in [0.15, 0.2) is 41.6 Å². The van der Waals surface area contributed by atoms with Gasteiger partial charge in [-0.15, -0.1) is 0 Å². The van der Waals surface area contributed by atoms with E-state index in [-0.39, 0.29) is 17.0 Å². The van der Waals surface area contributed by atoms with E-state index in [2.05, 4.69) is 9.82 Å². The van der Waals surface area contributed by atoms with Crippen molar-refractivity contribution >= 4 is 15.9 Å². The number of piperidine rings is 1. The van der Waals surface area contributed by atoms with Crippen molar-refractivity contribution in [1.82, 2.24) is 19.4 Å². The summed E-state index contributed by atoms with van der Waals surface area (Å²) in [5.41, 5.74) is 1.78. The number of carbonyl (C=O) groups is 1. The van der Waals surface area contributed by atoms with Gasteiger partial charge in [0.05, 0.1) is 6.20 Å². The third-order valence-corrected chi connectivity index (χ3v) is 6.33. The lowest BCUT2D eigenvalue weighted by atomic mass is 10.0. The molecule has 0 saturated carbocycles. The van der Waals surface area contributed by atoms with E-state index in [4.69, 9.17) is 0 Å². The molecule has 27 heavy (non-hydrogen) atoms. The Balaban J connectivity index is 1.59. The molecule has 8 heteroatoms. The number of hydrogen-bond acceptors (Lipinski definition) is 4. The van der Waals surface area contributed by atoms with Gasteiger partial charge in [-0.25, -0.2) is 13.1 Å². The molecule has 1 N–H and O–H groups in total. The molecule has 2 heterocycles. The minimum absolute atomic E-state index is 0.00247. The number of sulfonamides is 1. The predicted molar refractivity (Wildman–Crippen MR) is 103 cm³/mol. The van der Waals surface area contributed by atoms with Crippen molar-refractivity contribution in [3.8, 4) is 0 Å². The summed E-state index contributed by atoms with van der Waals surface area (Å²) in [7, 11) is -3.62. The topological polar surface area (TPSA) is 84.3 Å². The minimum Gasteiger partial charge on any atom is -0.339 e. The zero-order valence-corrected chi connectivity index (χ0v) is 16.6. The van der Waals surface area contributed by atoms with Gasteiger partial charge in [0.2, 0.25) is 0 Å². The highest BCUT2D eigenvalue weighted by atomic mass is 32.2. The molecule has 0 radical (unpaired) electrons. The monoisotopic (exact) mass is 390 g/mol. The fourth-order valence-electron chi connectivity index (χ4n) is 3.29. The Bertz CT molecular complexity index is 882. The molecule has 2 aromatic rings. The van der Waals surface area contributed by atoms with E-state index in [0.29, 0.717) is 38.0 Å². The number of aromatic nitrogens is 2. The lowest BCUT2D eigenvalue weighted by Crippen LogP contribution is -2.46. The molecule has 1 aromatic carbocycles. The molecule has 0 aliphatic carbocycles. The second kappa shape index (κ2) is 8.22. The molecule has 0 atom stereocenters. The van der Waals surface area contributed by atoms with Crippen molar-refractivity contribution in [3.05, 3.63) is 47.7 Å². The normalized spacial score (nSPS) is 15.9. The van der Waals surface area contributed by atoms with Crippen molar-refractivity contribution < 1.29 is 13.2 Å². The van der Waals surface area contributed by atoms with Crippen LogP contribution in [0, 0.1) is 6.92 Å². The van der Waals surface area contributed by atoms with Gasteiger partial charge in [-0.2, -0.15) is 5.10 Å². The Morgan fingerprint density at radius 3 is 2.48 bits per heavy atom. The molecule has 7 nitrogen and oxygen atoms in total. The first-order chi connectivity index (χ1) is 12.9. The van der Waals surface area contributed by atoms with Crippen LogP contribution in [-0.2, 0) is 16.6 Å². The molecule has 1 aliphatic heterocycles. The highest BCUT2D eigenvalue weighted by Gasteiger charge is 2.28. The van der Waals surface area contributed by atoms with Gasteiger partial charge >= 0.3 is 0 Å². The summed E-state index contributed by atoms with van der Waals surface area (Å²) in [6.45, 7) is 5.60. The summed E-state index contributed by atoms with van der Waals surface area (Å²) in [6, 6.07) is 8.86. The minimum atomic E-state index is -3.62. The summed E-state index contributed by atoms with van der Waals surface area (Å²) in [4.78, 5) is 14.4. The molecule has 3 rings (SSSR count). The van der Waals surface area contributed by atoms with Crippen LogP contribution in [0.25, 0.3) is 0 Å². The van der Waals surface area contributed by atoms with Gasteiger partial charge in [-0.3, -0.25) is 9.48 Å². The van der Waals surface area contributed by atoms with Crippen molar-refractivity contribution in [3.63, 3.8) is 0 Å². The van der Waals surface area contributed by atoms with Crippen LogP contribution >= 0.6 is 0 Å². The zero-order valence-electron chi connectivity index (χ0n) is 15.8. The molecule has 0 spiro atoms. The van der Waals surface area contributed by atoms with Crippen LogP contribution in [0.5, 0.6) is 0 Å². The smallest absolute Gasteiger partial charge is 0.257 e. The summed E-state index contributed by atoms with van der Waals surface area (Å²) in [5, 5.41) is 4.28. The quantitative estimate of drug-likeness (QED) is 0.819. The Hall–Kier alpha value is -2.19. The molecule has 1 saturated heterocycles. The molecule has 146 valence electrons. The summed E-state index contributed by atoms with van der Waals surface area (Å²) >= 11 is 0. The van der Waals surface area contributed by atoms with Crippen LogP contribution in [0.2, 0.25) is 0 Å². The van der Waals surface area contributed by atoms with Crippen LogP contribution in [0.3, 0.4) is 0 Å². The van der Waals surface area contributed by atoms with Crippen molar-refractivity contribution in [2.75, 3.05) is 13.1 Å². The number of likely N-dealkylation sites (tertiary alicyclic amines) is 1. The highest BCUT2D eigenvalue weighted by molar-refractivity contribution is 7.89. The van der Waals surface area contributed by atoms with Crippen molar-refractivity contribution in [2.45, 2.75) is 50.7 Å². The van der Waals surface area contributed by atoms with Crippen LogP contribution in [0.4, 0.5) is 0 Å². The highest BCUT2D eigenvalue weighted by Crippen LogP contribution is 2.17. The van der Waals surface area contributed by atoms with Gasteiger partial charge in [-0.05, 0) is 44.4 Å². The molecular weight excluding hydrogens is 364 g/mol. The predicted octanol–water partition coefficient (Wildman–Crippen LogP) is 2.18. The van der Waals surface area contributed by atoms with E-state index < -0.39 is 10.0 Å². The maximum absolute atomic E-state index is 12.7. The van der Waals surface area contributed by atoms with Gasteiger partial charge in [-0.1, -0.05) is 24.6 Å². The van der Waals surface area contributed by atoms with Crippen molar-refractivity contribution in [1.29, 1.82) is 0 Å². The zero-order chi connectivity index (χ0) is 19.4. The number of nitrogens with one attached hydrogen (secondary N) is 1. The van der Waals surface area contributed by atoms with Gasteiger partial charge in [0.1, 0.15) is 0 Å². The van der Waals surface area contributed by atoms with E-state index in [1.54, 1.807) is 4.90 Å². The number of nitrogens with zero attached hydrogens (tertiary/aromatic N) is 3. The molecule has 1 aliphatic rings.